The van der Waals surface area contributed by atoms with Crippen LogP contribution in [0.25, 0.3) is 0 Å². The fourth-order valence-corrected chi connectivity index (χ4v) is 1.81. The molecule has 0 fully saturated rings. The van der Waals surface area contributed by atoms with Crippen LogP contribution in [0.4, 0.5) is 0 Å². The number of rotatable bonds is 5. The maximum Gasteiger partial charge on any atom is 0.214 e. The van der Waals surface area contributed by atoms with E-state index in [1.54, 1.807) is 12.5 Å². The molecule has 0 aliphatic carbocycles. The third-order valence-electron chi connectivity index (χ3n) is 3.06. The summed E-state index contributed by atoms with van der Waals surface area (Å²) in [5, 5.41) is 0. The monoisotopic (exact) mass is 248 g/mol. The molecule has 0 amide bonds. The molecule has 1 unspecified atom stereocenters. The molecule has 1 atom stereocenters. The molecule has 18 heavy (non-hydrogen) atoms. The zero-order chi connectivity index (χ0) is 13.1. The predicted octanol–water partition coefficient (Wildman–Crippen LogP) is 2.14. The van der Waals surface area contributed by atoms with Gasteiger partial charge in [-0.3, -0.25) is 0 Å². The Hall–Kier alpha value is -1.62. The van der Waals surface area contributed by atoms with Gasteiger partial charge in [-0.05, 0) is 5.92 Å². The third-order valence-corrected chi connectivity index (χ3v) is 3.06. The van der Waals surface area contributed by atoms with E-state index < -0.39 is 0 Å². The molecule has 0 aliphatic heterocycles. The highest BCUT2D eigenvalue weighted by Crippen LogP contribution is 2.19. The average molecular weight is 248 g/mol. The summed E-state index contributed by atoms with van der Waals surface area (Å²) < 4.78 is 7.60. The van der Waals surface area contributed by atoms with Gasteiger partial charge < -0.3 is 14.7 Å². The van der Waals surface area contributed by atoms with Crippen LogP contribution in [-0.4, -0.2) is 14.5 Å². The highest BCUT2D eigenvalue weighted by atomic mass is 16.4. The van der Waals surface area contributed by atoms with Crippen LogP contribution in [-0.2, 0) is 13.0 Å². The van der Waals surface area contributed by atoms with E-state index in [2.05, 4.69) is 23.8 Å². The van der Waals surface area contributed by atoms with Crippen molar-refractivity contribution in [3.05, 3.63) is 36.1 Å². The minimum absolute atomic E-state index is 0.0203. The van der Waals surface area contributed by atoms with Gasteiger partial charge in [-0.25, -0.2) is 9.97 Å². The first-order chi connectivity index (χ1) is 8.61. The van der Waals surface area contributed by atoms with Crippen molar-refractivity contribution >= 4 is 0 Å². The fraction of sp³-hybridized carbons (Fsp3) is 0.538. The lowest BCUT2D eigenvalue weighted by Crippen LogP contribution is -2.20. The lowest BCUT2D eigenvalue weighted by Gasteiger charge is -2.17. The number of hydrogen-bond donors (Lipinski definition) is 1. The Kier molecular flexibility index (Phi) is 3.81. The zero-order valence-corrected chi connectivity index (χ0v) is 11.1. The lowest BCUT2D eigenvalue weighted by molar-refractivity contribution is 0.430. The Morgan fingerprint density at radius 2 is 2.17 bits per heavy atom. The van der Waals surface area contributed by atoms with E-state index in [0.29, 0.717) is 18.4 Å². The number of oxazole rings is 1. The summed E-state index contributed by atoms with van der Waals surface area (Å²) in [6.45, 7) is 6.82. The summed E-state index contributed by atoms with van der Waals surface area (Å²) in [6, 6.07) is -0.0203. The first-order valence-corrected chi connectivity index (χ1v) is 6.31. The third kappa shape index (κ3) is 2.61. The summed E-state index contributed by atoms with van der Waals surface area (Å²) >= 11 is 0. The molecule has 2 heterocycles. The molecule has 5 heteroatoms. The van der Waals surface area contributed by atoms with Crippen LogP contribution in [0.2, 0.25) is 0 Å². The molecule has 0 bridgehead atoms. The Morgan fingerprint density at radius 1 is 1.39 bits per heavy atom. The number of nitrogens with two attached hydrogens (primary N) is 1. The van der Waals surface area contributed by atoms with Crippen molar-refractivity contribution < 1.29 is 4.42 Å². The molecule has 0 spiro atoms. The Balaban J connectivity index is 2.17. The van der Waals surface area contributed by atoms with E-state index in [9.17, 15) is 0 Å². The van der Waals surface area contributed by atoms with E-state index in [-0.39, 0.29) is 6.04 Å². The quantitative estimate of drug-likeness (QED) is 0.880. The molecule has 5 nitrogen and oxygen atoms in total. The summed E-state index contributed by atoms with van der Waals surface area (Å²) in [7, 11) is 0. The fourth-order valence-electron chi connectivity index (χ4n) is 1.81. The summed E-state index contributed by atoms with van der Waals surface area (Å²) in [6.07, 6.45) is 6.21. The molecule has 2 aromatic rings. The van der Waals surface area contributed by atoms with E-state index >= 15 is 0 Å². The van der Waals surface area contributed by atoms with Crippen molar-refractivity contribution in [1.29, 1.82) is 0 Å². The molecule has 0 saturated heterocycles. The number of aryl methyl sites for hydroxylation is 1. The normalized spacial score (nSPS) is 13.2. The van der Waals surface area contributed by atoms with Crippen LogP contribution < -0.4 is 5.73 Å². The standard InChI is InChI=1S/C13H20N4O/c1-4-10-5-16-12(18-10)7-17-8-15-6-11(17)13(14)9(2)3/h5-6,8-9,13H,4,7,14H2,1-3H3. The highest BCUT2D eigenvalue weighted by Gasteiger charge is 2.16. The minimum Gasteiger partial charge on any atom is -0.444 e. The van der Waals surface area contributed by atoms with Crippen LogP contribution in [0.15, 0.2) is 23.1 Å². The van der Waals surface area contributed by atoms with Crippen molar-refractivity contribution in [1.82, 2.24) is 14.5 Å². The number of aromatic nitrogens is 3. The molecular formula is C13H20N4O. The second-order valence-corrected chi connectivity index (χ2v) is 4.79. The molecule has 0 aromatic carbocycles. The number of imidazole rings is 1. The molecule has 2 N–H and O–H groups in total. The van der Waals surface area contributed by atoms with E-state index in [1.807, 2.05) is 17.7 Å². The van der Waals surface area contributed by atoms with Gasteiger partial charge in [0.2, 0.25) is 5.89 Å². The SMILES string of the molecule is CCc1cnc(Cn2cncc2C(N)C(C)C)o1. The van der Waals surface area contributed by atoms with Crippen LogP contribution in [0.5, 0.6) is 0 Å². The molecular weight excluding hydrogens is 228 g/mol. The Morgan fingerprint density at radius 3 is 2.78 bits per heavy atom. The summed E-state index contributed by atoms with van der Waals surface area (Å²) in [5.41, 5.74) is 7.17. The maximum atomic E-state index is 6.16. The first kappa shape index (κ1) is 12.8. The molecule has 2 aromatic heterocycles. The van der Waals surface area contributed by atoms with Crippen molar-refractivity contribution in [3.8, 4) is 0 Å². The Bertz CT molecular complexity index is 501. The summed E-state index contributed by atoms with van der Waals surface area (Å²) in [5.74, 6) is 1.97. The predicted molar refractivity (Wildman–Crippen MR) is 69.0 cm³/mol. The number of nitrogens with zero attached hydrogens (tertiary/aromatic N) is 3. The number of hydrogen-bond acceptors (Lipinski definition) is 4. The van der Waals surface area contributed by atoms with Gasteiger partial charge in [0.25, 0.3) is 0 Å². The van der Waals surface area contributed by atoms with Gasteiger partial charge in [0.05, 0.1) is 18.2 Å². The zero-order valence-electron chi connectivity index (χ0n) is 11.1. The lowest BCUT2D eigenvalue weighted by atomic mass is 10.0. The first-order valence-electron chi connectivity index (χ1n) is 6.31. The maximum absolute atomic E-state index is 6.16. The van der Waals surface area contributed by atoms with Crippen molar-refractivity contribution in [2.75, 3.05) is 0 Å². The van der Waals surface area contributed by atoms with Crippen molar-refractivity contribution in [2.24, 2.45) is 11.7 Å². The topological polar surface area (TPSA) is 69.9 Å². The van der Waals surface area contributed by atoms with Gasteiger partial charge in [-0.1, -0.05) is 20.8 Å². The van der Waals surface area contributed by atoms with Gasteiger partial charge in [0.15, 0.2) is 0 Å². The van der Waals surface area contributed by atoms with E-state index in [4.69, 9.17) is 10.2 Å². The van der Waals surface area contributed by atoms with Gasteiger partial charge in [0, 0.05) is 18.7 Å². The van der Waals surface area contributed by atoms with Crippen LogP contribution in [0, 0.1) is 5.92 Å². The van der Waals surface area contributed by atoms with Gasteiger partial charge in [0.1, 0.15) is 12.3 Å². The second kappa shape index (κ2) is 5.35. The largest absolute Gasteiger partial charge is 0.444 e. The molecule has 0 saturated carbocycles. The molecule has 0 aliphatic rings. The molecule has 0 radical (unpaired) electrons. The second-order valence-electron chi connectivity index (χ2n) is 4.79. The van der Waals surface area contributed by atoms with Gasteiger partial charge >= 0.3 is 0 Å². The van der Waals surface area contributed by atoms with Gasteiger partial charge in [-0.15, -0.1) is 0 Å². The average Bonchev–Trinajstić information content (AvgIpc) is 2.97. The van der Waals surface area contributed by atoms with Crippen LogP contribution >= 0.6 is 0 Å². The Labute approximate surface area is 107 Å². The highest BCUT2D eigenvalue weighted by molar-refractivity contribution is 5.07. The molecule has 98 valence electrons. The summed E-state index contributed by atoms with van der Waals surface area (Å²) in [4.78, 5) is 8.41. The van der Waals surface area contributed by atoms with Crippen LogP contribution in [0.3, 0.4) is 0 Å². The molecule has 2 rings (SSSR count). The van der Waals surface area contributed by atoms with Gasteiger partial charge in [-0.2, -0.15) is 0 Å². The van der Waals surface area contributed by atoms with Crippen LogP contribution in [0.1, 0.15) is 44.2 Å². The van der Waals surface area contributed by atoms with Crippen molar-refractivity contribution in [2.45, 2.75) is 39.8 Å². The van der Waals surface area contributed by atoms with E-state index in [1.165, 1.54) is 0 Å². The van der Waals surface area contributed by atoms with Crippen molar-refractivity contribution in [3.63, 3.8) is 0 Å². The van der Waals surface area contributed by atoms with E-state index in [0.717, 1.165) is 17.9 Å². The smallest absolute Gasteiger partial charge is 0.214 e. The minimum atomic E-state index is -0.0203.